The topological polar surface area (TPSA) is 91.0 Å². The maximum absolute atomic E-state index is 14.8. The largest absolute Gasteiger partial charge is 0.337 e. The van der Waals surface area contributed by atoms with Crippen LogP contribution in [0.4, 0.5) is 10.1 Å². The predicted molar refractivity (Wildman–Crippen MR) is 105 cm³/mol. The number of H-pyrrole nitrogens is 1. The number of anilines is 1. The van der Waals surface area contributed by atoms with Crippen molar-refractivity contribution in [3.05, 3.63) is 77.4 Å². The summed E-state index contributed by atoms with van der Waals surface area (Å²) in [6.07, 6.45) is -1.01. The highest BCUT2D eigenvalue weighted by Crippen LogP contribution is 2.35. The minimum atomic E-state index is -1.37. The lowest BCUT2D eigenvalue weighted by Gasteiger charge is -2.21. The molecule has 1 aliphatic rings. The molecule has 7 nitrogen and oxygen atoms in total. The molecule has 8 heteroatoms. The Kier molecular flexibility index (Phi) is 5.07. The van der Waals surface area contributed by atoms with Crippen LogP contribution in [0.2, 0.25) is 0 Å². The molecule has 2 amide bonds. The number of rotatable bonds is 4. The average molecular weight is 393 g/mol. The normalized spacial score (nSPS) is 18.8. The number of halogens is 1. The molecule has 4 rings (SSSR count). The number of aromatic amines is 1. The van der Waals surface area contributed by atoms with Crippen molar-refractivity contribution >= 4 is 17.5 Å². The fourth-order valence-corrected chi connectivity index (χ4v) is 3.46. The minimum absolute atomic E-state index is 0.0106. The number of aromatic nitrogens is 3. The highest BCUT2D eigenvalue weighted by molar-refractivity contribution is 6.02. The van der Waals surface area contributed by atoms with Crippen LogP contribution in [0.5, 0.6) is 0 Å². The Bertz CT molecular complexity index is 1040. The lowest BCUT2D eigenvalue weighted by molar-refractivity contribution is -0.120. The molecule has 0 fully saturated rings. The quantitative estimate of drug-likeness (QED) is 0.713. The monoisotopic (exact) mass is 393 g/mol. The van der Waals surface area contributed by atoms with E-state index in [-0.39, 0.29) is 18.2 Å². The fraction of sp³-hybridized carbons (Fsp3) is 0.238. The van der Waals surface area contributed by atoms with Gasteiger partial charge in [0.1, 0.15) is 18.0 Å². The molecule has 1 unspecified atom stereocenters. The fourth-order valence-electron chi connectivity index (χ4n) is 3.46. The van der Waals surface area contributed by atoms with E-state index < -0.39 is 18.1 Å². The number of nitrogens with one attached hydrogen (secondary N) is 2. The van der Waals surface area contributed by atoms with Gasteiger partial charge < -0.3 is 15.2 Å². The van der Waals surface area contributed by atoms with E-state index in [1.54, 1.807) is 31.3 Å². The lowest BCUT2D eigenvalue weighted by Crippen LogP contribution is -2.47. The van der Waals surface area contributed by atoms with Crippen molar-refractivity contribution in [2.75, 3.05) is 11.9 Å². The van der Waals surface area contributed by atoms with Crippen molar-refractivity contribution < 1.29 is 14.0 Å². The zero-order valence-electron chi connectivity index (χ0n) is 15.8. The molecule has 0 radical (unpaired) electrons. The van der Waals surface area contributed by atoms with Crippen molar-refractivity contribution in [2.45, 2.75) is 25.1 Å². The van der Waals surface area contributed by atoms with E-state index in [0.29, 0.717) is 23.5 Å². The van der Waals surface area contributed by atoms with Crippen LogP contribution in [0.1, 0.15) is 40.2 Å². The highest BCUT2D eigenvalue weighted by atomic mass is 19.1. The summed E-state index contributed by atoms with van der Waals surface area (Å²) in [6, 6.07) is 15.5. The standard InChI is InChI=1S/C21H20FN5O2/c1-27-17-10-6-5-9-14(17)15(22)12-16(21(27)29)23-20(28)19-24-18(25-26-19)11-13-7-3-2-4-8-13/h2-10,15-16H,11-12H2,1H3,(H,23,28)(H,24,25,26)/t15-,16?/m1/s1. The number of fused-ring (bicyclic) bond motifs is 1. The Morgan fingerprint density at radius 1 is 1.17 bits per heavy atom. The molecule has 0 saturated heterocycles. The Balaban J connectivity index is 1.48. The summed E-state index contributed by atoms with van der Waals surface area (Å²) in [5.74, 6) is -0.457. The number of alkyl halides is 1. The van der Waals surface area contributed by atoms with Crippen molar-refractivity contribution in [3.8, 4) is 0 Å². The van der Waals surface area contributed by atoms with E-state index in [0.717, 1.165) is 5.56 Å². The number of benzene rings is 2. The van der Waals surface area contributed by atoms with Gasteiger partial charge in [0, 0.05) is 31.1 Å². The summed E-state index contributed by atoms with van der Waals surface area (Å²) < 4.78 is 14.8. The molecular formula is C21H20FN5O2. The molecule has 0 spiro atoms. The number of carbonyl (C=O) groups is 2. The Hall–Kier alpha value is -3.55. The molecule has 1 aliphatic heterocycles. The summed E-state index contributed by atoms with van der Waals surface area (Å²) in [5.41, 5.74) is 1.96. The smallest absolute Gasteiger partial charge is 0.289 e. The van der Waals surface area contributed by atoms with Gasteiger partial charge in [-0.05, 0) is 11.6 Å². The van der Waals surface area contributed by atoms with E-state index in [1.165, 1.54) is 4.90 Å². The van der Waals surface area contributed by atoms with Crippen LogP contribution < -0.4 is 10.2 Å². The predicted octanol–water partition coefficient (Wildman–Crippen LogP) is 2.57. The van der Waals surface area contributed by atoms with Gasteiger partial charge in [0.15, 0.2) is 0 Å². The number of amides is 2. The van der Waals surface area contributed by atoms with Crippen LogP contribution in [-0.4, -0.2) is 40.1 Å². The minimum Gasteiger partial charge on any atom is -0.337 e. The first-order valence-electron chi connectivity index (χ1n) is 9.30. The molecule has 3 aromatic rings. The van der Waals surface area contributed by atoms with Crippen LogP contribution >= 0.6 is 0 Å². The maximum Gasteiger partial charge on any atom is 0.289 e. The molecule has 2 heterocycles. The number of nitrogens with zero attached hydrogens (tertiary/aromatic N) is 3. The second-order valence-corrected chi connectivity index (χ2v) is 6.97. The van der Waals surface area contributed by atoms with Crippen molar-refractivity contribution in [3.63, 3.8) is 0 Å². The molecule has 29 heavy (non-hydrogen) atoms. The third kappa shape index (κ3) is 3.87. The van der Waals surface area contributed by atoms with Gasteiger partial charge in [-0.25, -0.2) is 4.39 Å². The van der Waals surface area contributed by atoms with Gasteiger partial charge in [-0.1, -0.05) is 48.5 Å². The van der Waals surface area contributed by atoms with Crippen molar-refractivity contribution in [1.82, 2.24) is 20.5 Å². The van der Waals surface area contributed by atoms with E-state index in [1.807, 2.05) is 30.3 Å². The average Bonchev–Trinajstić information content (AvgIpc) is 3.18. The highest BCUT2D eigenvalue weighted by Gasteiger charge is 2.34. The van der Waals surface area contributed by atoms with Gasteiger partial charge in [0.25, 0.3) is 5.91 Å². The van der Waals surface area contributed by atoms with Crippen LogP contribution in [0.3, 0.4) is 0 Å². The Morgan fingerprint density at radius 3 is 2.69 bits per heavy atom. The second-order valence-electron chi connectivity index (χ2n) is 6.97. The summed E-state index contributed by atoms with van der Waals surface area (Å²) >= 11 is 0. The maximum atomic E-state index is 14.8. The third-order valence-corrected chi connectivity index (χ3v) is 4.98. The number of hydrogen-bond donors (Lipinski definition) is 2. The first-order valence-corrected chi connectivity index (χ1v) is 9.30. The van der Waals surface area contributed by atoms with Crippen LogP contribution in [0.25, 0.3) is 0 Å². The summed E-state index contributed by atoms with van der Waals surface area (Å²) in [5, 5.41) is 10.5. The van der Waals surface area contributed by atoms with Gasteiger partial charge in [0.2, 0.25) is 11.7 Å². The zero-order chi connectivity index (χ0) is 20.4. The second kappa shape index (κ2) is 7.83. The van der Waals surface area contributed by atoms with Gasteiger partial charge >= 0.3 is 0 Å². The molecule has 2 N–H and O–H groups in total. The van der Waals surface area contributed by atoms with Gasteiger partial charge in [-0.15, -0.1) is 10.2 Å². The van der Waals surface area contributed by atoms with E-state index in [9.17, 15) is 14.0 Å². The van der Waals surface area contributed by atoms with Crippen molar-refractivity contribution in [2.24, 2.45) is 0 Å². The van der Waals surface area contributed by atoms with Crippen molar-refractivity contribution in [1.29, 1.82) is 0 Å². The number of carbonyl (C=O) groups excluding carboxylic acids is 2. The Labute approximate surface area is 167 Å². The molecule has 2 atom stereocenters. The number of likely N-dealkylation sites (N-methyl/N-ethyl adjacent to an activating group) is 1. The summed E-state index contributed by atoms with van der Waals surface area (Å²) in [6.45, 7) is 0. The molecule has 0 saturated carbocycles. The Morgan fingerprint density at radius 2 is 1.90 bits per heavy atom. The van der Waals surface area contributed by atoms with Crippen LogP contribution in [0.15, 0.2) is 54.6 Å². The summed E-state index contributed by atoms with van der Waals surface area (Å²) in [4.78, 5) is 29.6. The first-order chi connectivity index (χ1) is 14.0. The molecule has 2 aromatic carbocycles. The van der Waals surface area contributed by atoms with E-state index in [2.05, 4.69) is 20.5 Å². The van der Waals surface area contributed by atoms with Gasteiger partial charge in [-0.3, -0.25) is 9.59 Å². The van der Waals surface area contributed by atoms with E-state index in [4.69, 9.17) is 0 Å². The van der Waals surface area contributed by atoms with Gasteiger partial charge in [-0.2, -0.15) is 0 Å². The SMILES string of the molecule is CN1C(=O)C(NC(=O)c2nnc(Cc3ccccc3)[nH]2)C[C@@H](F)c2ccccc21. The number of para-hydroxylation sites is 1. The molecule has 1 aromatic heterocycles. The van der Waals surface area contributed by atoms with E-state index >= 15 is 0 Å². The first kappa shape index (κ1) is 18.8. The van der Waals surface area contributed by atoms with Gasteiger partial charge in [0.05, 0.1) is 0 Å². The summed E-state index contributed by atoms with van der Waals surface area (Å²) in [7, 11) is 1.57. The zero-order valence-corrected chi connectivity index (χ0v) is 15.8. The van der Waals surface area contributed by atoms with Crippen LogP contribution in [0, 0.1) is 0 Å². The molecular weight excluding hydrogens is 373 g/mol. The van der Waals surface area contributed by atoms with Crippen LogP contribution in [-0.2, 0) is 11.2 Å². The number of hydrogen-bond acceptors (Lipinski definition) is 4. The molecule has 148 valence electrons. The lowest BCUT2D eigenvalue weighted by atomic mass is 10.0. The third-order valence-electron chi connectivity index (χ3n) is 4.98. The molecule has 0 bridgehead atoms. The molecule has 0 aliphatic carbocycles.